The molecule has 1 spiro atoms. The lowest BCUT2D eigenvalue weighted by Gasteiger charge is -2.40. The molecule has 7 nitrogen and oxygen atoms in total. The summed E-state index contributed by atoms with van der Waals surface area (Å²) in [5.41, 5.74) is -0.0688. The number of ether oxygens (including phenoxy) is 1. The maximum Gasteiger partial charge on any atom is 0.421 e. The fourth-order valence-electron chi connectivity index (χ4n) is 5.05. The number of nitrogens with zero attached hydrogens (tertiary/aromatic N) is 6. The van der Waals surface area contributed by atoms with E-state index >= 15 is 0 Å². The highest BCUT2D eigenvalue weighted by Crippen LogP contribution is 2.48. The Morgan fingerprint density at radius 3 is 2.65 bits per heavy atom. The zero-order valence-corrected chi connectivity index (χ0v) is 18.2. The van der Waals surface area contributed by atoms with Crippen molar-refractivity contribution >= 4 is 17.0 Å². The zero-order chi connectivity index (χ0) is 23.9. The van der Waals surface area contributed by atoms with E-state index in [4.69, 9.17) is 4.74 Å². The maximum atomic E-state index is 13.3. The number of piperidine rings is 1. The fourth-order valence-corrected chi connectivity index (χ4v) is 5.05. The van der Waals surface area contributed by atoms with Gasteiger partial charge in [0, 0.05) is 25.5 Å². The van der Waals surface area contributed by atoms with Gasteiger partial charge in [0.2, 0.25) is 0 Å². The summed E-state index contributed by atoms with van der Waals surface area (Å²) in [5.74, 6) is 0.432. The van der Waals surface area contributed by atoms with Gasteiger partial charge in [-0.2, -0.15) is 18.3 Å². The number of hydrogen-bond acceptors (Lipinski definition) is 6. The highest BCUT2D eigenvalue weighted by Gasteiger charge is 2.43. The van der Waals surface area contributed by atoms with Gasteiger partial charge in [0.25, 0.3) is 6.43 Å². The van der Waals surface area contributed by atoms with Gasteiger partial charge in [-0.05, 0) is 43.6 Å². The molecule has 0 amide bonds. The Hall–Kier alpha value is -3.05. The summed E-state index contributed by atoms with van der Waals surface area (Å²) in [7, 11) is 0. The van der Waals surface area contributed by atoms with Gasteiger partial charge >= 0.3 is 6.18 Å². The van der Waals surface area contributed by atoms with Gasteiger partial charge in [-0.3, -0.25) is 4.98 Å². The number of alkyl halides is 5. The molecule has 1 aliphatic carbocycles. The molecule has 0 aromatic carbocycles. The number of fused-ring (bicyclic) bond motifs is 1. The van der Waals surface area contributed by atoms with Crippen molar-refractivity contribution in [1.82, 2.24) is 24.7 Å². The van der Waals surface area contributed by atoms with Crippen LogP contribution in [0.5, 0.6) is 5.75 Å². The summed E-state index contributed by atoms with van der Waals surface area (Å²) in [6.45, 7) is 0.845. The molecule has 3 aromatic rings. The second kappa shape index (κ2) is 8.62. The van der Waals surface area contributed by atoms with E-state index in [1.165, 1.54) is 18.5 Å². The summed E-state index contributed by atoms with van der Waals surface area (Å²) < 4.78 is 72.4. The molecule has 3 aromatic heterocycles. The highest BCUT2D eigenvalue weighted by molar-refractivity contribution is 5.71. The molecule has 1 saturated carbocycles. The van der Waals surface area contributed by atoms with Crippen LogP contribution in [0.15, 0.2) is 30.9 Å². The standard InChI is InChI=1S/C22H23F5N6O/c23-18(24)13-33-20-16(11-30-33)29-12-19(31-20)32-7-4-21(5-8-32)3-1-14(9-21)34-17-2-6-28-10-15(17)22(25,26)27/h2,6,10-12,14,18H,1,3-5,7-9,13H2. The van der Waals surface area contributed by atoms with Crippen LogP contribution in [0.4, 0.5) is 27.8 Å². The van der Waals surface area contributed by atoms with Gasteiger partial charge in [0.1, 0.15) is 29.2 Å². The number of pyridine rings is 1. The molecular weight excluding hydrogens is 459 g/mol. The Morgan fingerprint density at radius 1 is 1.12 bits per heavy atom. The predicted molar refractivity (Wildman–Crippen MR) is 113 cm³/mol. The van der Waals surface area contributed by atoms with Gasteiger partial charge in [0.15, 0.2) is 5.65 Å². The molecule has 0 bridgehead atoms. The number of hydrogen-bond donors (Lipinski definition) is 0. The van der Waals surface area contributed by atoms with Gasteiger partial charge in [-0.1, -0.05) is 0 Å². The van der Waals surface area contributed by atoms with Crippen LogP contribution in [0.2, 0.25) is 0 Å². The number of anilines is 1. The molecule has 12 heteroatoms. The molecule has 1 aliphatic heterocycles. The molecule has 0 radical (unpaired) electrons. The van der Waals surface area contributed by atoms with Crippen LogP contribution in [-0.4, -0.2) is 50.4 Å². The van der Waals surface area contributed by atoms with Crippen molar-refractivity contribution in [2.24, 2.45) is 5.41 Å². The van der Waals surface area contributed by atoms with Crippen molar-refractivity contribution in [3.63, 3.8) is 0 Å². The maximum absolute atomic E-state index is 13.3. The summed E-state index contributed by atoms with van der Waals surface area (Å²) in [4.78, 5) is 14.5. The van der Waals surface area contributed by atoms with Crippen molar-refractivity contribution in [3.8, 4) is 5.75 Å². The molecule has 4 heterocycles. The SMILES string of the molecule is FC(F)Cn1ncc2ncc(N3CCC4(CCC(Oc5ccncc5C(F)(F)F)C4)CC3)nc21. The van der Waals surface area contributed by atoms with E-state index in [0.29, 0.717) is 42.9 Å². The Bertz CT molecular complexity index is 1160. The Kier molecular flexibility index (Phi) is 5.76. The van der Waals surface area contributed by atoms with E-state index in [-0.39, 0.29) is 17.3 Å². The van der Waals surface area contributed by atoms with E-state index in [2.05, 4.69) is 25.0 Å². The summed E-state index contributed by atoms with van der Waals surface area (Å²) in [6.07, 6.45) is 1.74. The largest absolute Gasteiger partial charge is 0.490 e. The average molecular weight is 482 g/mol. The van der Waals surface area contributed by atoms with Crippen LogP contribution < -0.4 is 9.64 Å². The Balaban J connectivity index is 1.24. The van der Waals surface area contributed by atoms with E-state index in [9.17, 15) is 22.0 Å². The minimum Gasteiger partial charge on any atom is -0.490 e. The molecular formula is C22H23F5N6O. The minimum absolute atomic E-state index is 0.00156. The average Bonchev–Trinajstić information content (AvgIpc) is 3.37. The first-order valence-electron chi connectivity index (χ1n) is 11.1. The first-order valence-corrected chi connectivity index (χ1v) is 11.1. The second-order valence-electron chi connectivity index (χ2n) is 8.99. The molecule has 1 atom stereocenters. The third-order valence-corrected chi connectivity index (χ3v) is 6.83. The monoisotopic (exact) mass is 482 g/mol. The summed E-state index contributed by atoms with van der Waals surface area (Å²) >= 11 is 0. The summed E-state index contributed by atoms with van der Waals surface area (Å²) in [6, 6.07) is 1.27. The van der Waals surface area contributed by atoms with Crippen LogP contribution >= 0.6 is 0 Å². The van der Waals surface area contributed by atoms with Crippen molar-refractivity contribution in [3.05, 3.63) is 36.4 Å². The molecule has 34 heavy (non-hydrogen) atoms. The first kappa shape index (κ1) is 22.7. The fraction of sp³-hybridized carbons (Fsp3) is 0.545. The van der Waals surface area contributed by atoms with Crippen LogP contribution in [0.1, 0.15) is 37.7 Å². The molecule has 1 saturated heterocycles. The normalized spacial score (nSPS) is 20.5. The van der Waals surface area contributed by atoms with Crippen molar-refractivity contribution in [2.75, 3.05) is 18.0 Å². The lowest BCUT2D eigenvalue weighted by Crippen LogP contribution is -2.40. The van der Waals surface area contributed by atoms with Crippen molar-refractivity contribution < 1.29 is 26.7 Å². The van der Waals surface area contributed by atoms with E-state index in [0.717, 1.165) is 30.1 Å². The van der Waals surface area contributed by atoms with Crippen molar-refractivity contribution in [1.29, 1.82) is 0 Å². The van der Waals surface area contributed by atoms with Gasteiger partial charge < -0.3 is 9.64 Å². The number of aromatic nitrogens is 5. The first-order chi connectivity index (χ1) is 16.2. The predicted octanol–water partition coefficient (Wildman–Crippen LogP) is 4.72. The third-order valence-electron chi connectivity index (χ3n) is 6.83. The topological polar surface area (TPSA) is 69.0 Å². The minimum atomic E-state index is -4.52. The molecule has 2 aliphatic rings. The second-order valence-corrected chi connectivity index (χ2v) is 8.99. The lowest BCUT2D eigenvalue weighted by molar-refractivity contribution is -0.139. The molecule has 182 valence electrons. The zero-order valence-electron chi connectivity index (χ0n) is 18.2. The lowest BCUT2D eigenvalue weighted by atomic mass is 9.77. The quantitative estimate of drug-likeness (QED) is 0.490. The third kappa shape index (κ3) is 4.49. The molecule has 1 unspecified atom stereocenters. The smallest absolute Gasteiger partial charge is 0.421 e. The van der Waals surface area contributed by atoms with Gasteiger partial charge in [-0.15, -0.1) is 0 Å². The summed E-state index contributed by atoms with van der Waals surface area (Å²) in [5, 5.41) is 3.95. The van der Waals surface area contributed by atoms with E-state index < -0.39 is 24.7 Å². The van der Waals surface area contributed by atoms with Crippen LogP contribution in [0, 0.1) is 5.41 Å². The van der Waals surface area contributed by atoms with Crippen LogP contribution in [-0.2, 0) is 12.7 Å². The van der Waals surface area contributed by atoms with E-state index in [1.54, 1.807) is 6.20 Å². The molecule has 5 rings (SSSR count). The van der Waals surface area contributed by atoms with Crippen LogP contribution in [0.25, 0.3) is 11.2 Å². The highest BCUT2D eigenvalue weighted by atomic mass is 19.4. The number of rotatable bonds is 5. The van der Waals surface area contributed by atoms with E-state index in [1.807, 2.05) is 0 Å². The Labute approximate surface area is 192 Å². The number of halogens is 5. The van der Waals surface area contributed by atoms with Gasteiger partial charge in [0.05, 0.1) is 18.5 Å². The Morgan fingerprint density at radius 2 is 1.91 bits per heavy atom. The van der Waals surface area contributed by atoms with Gasteiger partial charge in [-0.25, -0.2) is 23.4 Å². The molecule has 2 fully saturated rings. The molecule has 0 N–H and O–H groups in total. The van der Waals surface area contributed by atoms with Crippen LogP contribution in [0.3, 0.4) is 0 Å². The van der Waals surface area contributed by atoms with Crippen molar-refractivity contribution in [2.45, 2.75) is 57.4 Å².